The highest BCUT2D eigenvalue weighted by Gasteiger charge is 2.26. The average molecular weight is 263 g/mol. The van der Waals surface area contributed by atoms with Crippen LogP contribution in [0.5, 0.6) is 0 Å². The van der Waals surface area contributed by atoms with E-state index in [1.54, 1.807) is 6.20 Å². The number of anilines is 1. The normalized spacial score (nSPS) is 20.3. The summed E-state index contributed by atoms with van der Waals surface area (Å²) in [5.74, 6) is 0.896. The Morgan fingerprint density at radius 1 is 1.68 bits per heavy atom. The maximum atomic E-state index is 11.6. The first kappa shape index (κ1) is 13.7. The van der Waals surface area contributed by atoms with Crippen molar-refractivity contribution in [2.24, 2.45) is 5.73 Å². The zero-order chi connectivity index (χ0) is 13.7. The Bertz CT molecular complexity index is 409. The molecule has 2 unspecified atom stereocenters. The molecule has 0 bridgehead atoms. The zero-order valence-corrected chi connectivity index (χ0v) is 11.2. The summed E-state index contributed by atoms with van der Waals surface area (Å²) < 4.78 is 0. The van der Waals surface area contributed by atoms with Crippen LogP contribution in [-0.2, 0) is 4.79 Å². The van der Waals surface area contributed by atoms with Crippen molar-refractivity contribution in [1.29, 1.82) is 0 Å². The van der Waals surface area contributed by atoms with Gasteiger partial charge in [-0.1, -0.05) is 0 Å². The Balaban J connectivity index is 1.88. The molecule has 104 valence electrons. The van der Waals surface area contributed by atoms with Crippen molar-refractivity contribution in [2.45, 2.75) is 38.3 Å². The average Bonchev–Trinajstić information content (AvgIpc) is 2.85. The van der Waals surface area contributed by atoms with Gasteiger partial charge in [0.05, 0.1) is 0 Å². The summed E-state index contributed by atoms with van der Waals surface area (Å²) in [5, 5.41) is 11.0. The van der Waals surface area contributed by atoms with E-state index in [1.807, 2.05) is 19.1 Å². The fraction of sp³-hybridized carbons (Fsp3) is 0.615. The fourth-order valence-corrected chi connectivity index (χ4v) is 2.39. The maximum absolute atomic E-state index is 11.6. The second-order valence-electron chi connectivity index (χ2n) is 5.06. The molecule has 1 aromatic rings. The molecule has 1 amide bonds. The van der Waals surface area contributed by atoms with Gasteiger partial charge >= 0.3 is 0 Å². The minimum Gasteiger partial charge on any atom is -0.354 e. The topological polar surface area (TPSA) is 84.1 Å². The van der Waals surface area contributed by atoms with Gasteiger partial charge in [-0.05, 0) is 31.9 Å². The Kier molecular flexibility index (Phi) is 4.68. The van der Waals surface area contributed by atoms with Crippen LogP contribution in [0.4, 0.5) is 5.82 Å². The molecule has 2 heterocycles. The Morgan fingerprint density at radius 3 is 3.21 bits per heavy atom. The number of nitrogens with zero attached hydrogens (tertiary/aromatic N) is 3. The molecule has 0 radical (unpaired) electrons. The molecule has 2 rings (SSSR count). The first-order chi connectivity index (χ1) is 9.16. The van der Waals surface area contributed by atoms with Gasteiger partial charge in [0.1, 0.15) is 0 Å². The zero-order valence-electron chi connectivity index (χ0n) is 11.2. The van der Waals surface area contributed by atoms with Gasteiger partial charge in [-0.15, -0.1) is 5.10 Å². The van der Waals surface area contributed by atoms with Crippen LogP contribution in [0.1, 0.15) is 26.2 Å². The molecular formula is C13H21N5O. The SMILES string of the molecule is CC(N)CC(=O)NCC1CCCN1c1cccnn1. The molecule has 1 saturated heterocycles. The Hall–Kier alpha value is -1.69. The van der Waals surface area contributed by atoms with Crippen LogP contribution in [0, 0.1) is 0 Å². The largest absolute Gasteiger partial charge is 0.354 e. The lowest BCUT2D eigenvalue weighted by Gasteiger charge is -2.25. The van der Waals surface area contributed by atoms with Crippen LogP contribution in [0.2, 0.25) is 0 Å². The molecule has 2 atom stereocenters. The molecule has 0 aliphatic carbocycles. The summed E-state index contributed by atoms with van der Waals surface area (Å²) in [6.07, 6.45) is 4.22. The summed E-state index contributed by atoms with van der Waals surface area (Å²) in [7, 11) is 0. The number of carbonyl (C=O) groups is 1. The van der Waals surface area contributed by atoms with Crippen LogP contribution in [0.15, 0.2) is 18.3 Å². The van der Waals surface area contributed by atoms with E-state index in [1.165, 1.54) is 0 Å². The molecule has 1 fully saturated rings. The van der Waals surface area contributed by atoms with Crippen molar-refractivity contribution >= 4 is 11.7 Å². The minimum atomic E-state index is -0.0975. The predicted molar refractivity (Wildman–Crippen MR) is 73.7 cm³/mol. The molecule has 0 aromatic carbocycles. The number of hydrogen-bond acceptors (Lipinski definition) is 5. The summed E-state index contributed by atoms with van der Waals surface area (Å²) in [6.45, 7) is 3.44. The Labute approximate surface area is 113 Å². The van der Waals surface area contributed by atoms with Gasteiger partial charge < -0.3 is 16.0 Å². The lowest BCUT2D eigenvalue weighted by atomic mass is 10.2. The third-order valence-corrected chi connectivity index (χ3v) is 3.27. The lowest BCUT2D eigenvalue weighted by Crippen LogP contribution is -2.41. The van der Waals surface area contributed by atoms with Gasteiger partial charge in [-0.25, -0.2) is 0 Å². The molecule has 0 saturated carbocycles. The number of nitrogens with one attached hydrogen (secondary N) is 1. The summed E-state index contributed by atoms with van der Waals surface area (Å²) in [5.41, 5.74) is 5.61. The third kappa shape index (κ3) is 3.89. The molecule has 1 aromatic heterocycles. The van der Waals surface area contributed by atoms with Crippen LogP contribution in [-0.4, -0.2) is 41.3 Å². The van der Waals surface area contributed by atoms with Crippen molar-refractivity contribution < 1.29 is 4.79 Å². The van der Waals surface area contributed by atoms with E-state index in [4.69, 9.17) is 5.73 Å². The van der Waals surface area contributed by atoms with Crippen LogP contribution in [0.3, 0.4) is 0 Å². The molecule has 3 N–H and O–H groups in total. The quantitative estimate of drug-likeness (QED) is 0.798. The van der Waals surface area contributed by atoms with Gasteiger partial charge in [0.2, 0.25) is 5.91 Å². The second-order valence-corrected chi connectivity index (χ2v) is 5.06. The van der Waals surface area contributed by atoms with Crippen molar-refractivity contribution in [3.8, 4) is 0 Å². The standard InChI is InChI=1S/C13H21N5O/c1-10(14)8-13(19)15-9-11-4-3-7-18(11)12-5-2-6-16-17-12/h2,5-6,10-11H,3-4,7-9,14H2,1H3,(H,15,19). The van der Waals surface area contributed by atoms with E-state index in [-0.39, 0.29) is 11.9 Å². The van der Waals surface area contributed by atoms with Crippen molar-refractivity contribution in [1.82, 2.24) is 15.5 Å². The van der Waals surface area contributed by atoms with E-state index in [9.17, 15) is 4.79 Å². The van der Waals surface area contributed by atoms with Crippen LogP contribution in [0.25, 0.3) is 0 Å². The van der Waals surface area contributed by atoms with E-state index in [0.717, 1.165) is 25.2 Å². The van der Waals surface area contributed by atoms with E-state index in [2.05, 4.69) is 20.4 Å². The number of hydrogen-bond donors (Lipinski definition) is 2. The van der Waals surface area contributed by atoms with Gasteiger partial charge in [0.15, 0.2) is 5.82 Å². The van der Waals surface area contributed by atoms with Crippen LogP contribution >= 0.6 is 0 Å². The molecule has 0 spiro atoms. The second kappa shape index (κ2) is 6.47. The highest BCUT2D eigenvalue weighted by Crippen LogP contribution is 2.22. The summed E-state index contributed by atoms with van der Waals surface area (Å²) in [6, 6.07) is 4.04. The number of amides is 1. The first-order valence-electron chi connectivity index (χ1n) is 6.73. The smallest absolute Gasteiger partial charge is 0.221 e. The number of rotatable bonds is 5. The Morgan fingerprint density at radius 2 is 2.53 bits per heavy atom. The minimum absolute atomic E-state index is 0.0148. The van der Waals surface area contributed by atoms with Gasteiger partial charge in [0.25, 0.3) is 0 Å². The van der Waals surface area contributed by atoms with Crippen molar-refractivity contribution in [3.63, 3.8) is 0 Å². The summed E-state index contributed by atoms with van der Waals surface area (Å²) in [4.78, 5) is 13.8. The third-order valence-electron chi connectivity index (χ3n) is 3.27. The molecular weight excluding hydrogens is 242 g/mol. The molecule has 1 aliphatic heterocycles. The van der Waals surface area contributed by atoms with Crippen molar-refractivity contribution in [3.05, 3.63) is 18.3 Å². The van der Waals surface area contributed by atoms with Gasteiger partial charge in [0, 0.05) is 37.8 Å². The number of aromatic nitrogens is 2. The molecule has 6 nitrogen and oxygen atoms in total. The van der Waals surface area contributed by atoms with Gasteiger partial charge in [-0.2, -0.15) is 5.10 Å². The number of nitrogens with two attached hydrogens (primary N) is 1. The monoisotopic (exact) mass is 263 g/mol. The molecule has 1 aliphatic rings. The van der Waals surface area contributed by atoms with Crippen LogP contribution < -0.4 is 16.0 Å². The summed E-state index contributed by atoms with van der Waals surface area (Å²) >= 11 is 0. The highest BCUT2D eigenvalue weighted by atomic mass is 16.1. The van der Waals surface area contributed by atoms with Crippen molar-refractivity contribution in [2.75, 3.05) is 18.0 Å². The fourth-order valence-electron chi connectivity index (χ4n) is 2.39. The predicted octanol–water partition coefficient (Wildman–Crippen LogP) is 0.299. The lowest BCUT2D eigenvalue weighted by molar-refractivity contribution is -0.121. The highest BCUT2D eigenvalue weighted by molar-refractivity contribution is 5.76. The van der Waals surface area contributed by atoms with E-state index in [0.29, 0.717) is 19.0 Å². The maximum Gasteiger partial charge on any atom is 0.221 e. The number of carbonyl (C=O) groups excluding carboxylic acids is 1. The van der Waals surface area contributed by atoms with E-state index >= 15 is 0 Å². The first-order valence-corrected chi connectivity index (χ1v) is 6.73. The van der Waals surface area contributed by atoms with E-state index < -0.39 is 0 Å². The van der Waals surface area contributed by atoms with Gasteiger partial charge in [-0.3, -0.25) is 4.79 Å². The molecule has 19 heavy (non-hydrogen) atoms. The molecule has 6 heteroatoms.